The summed E-state index contributed by atoms with van der Waals surface area (Å²) in [6.45, 7) is 4.67. The van der Waals surface area contributed by atoms with Crippen LogP contribution in [0.15, 0.2) is 24.5 Å². The third kappa shape index (κ3) is 2.57. The van der Waals surface area contributed by atoms with Crippen molar-refractivity contribution in [1.29, 1.82) is 0 Å². The van der Waals surface area contributed by atoms with Gasteiger partial charge in [0, 0.05) is 12.7 Å². The number of pyridine rings is 1. The van der Waals surface area contributed by atoms with Gasteiger partial charge in [-0.15, -0.1) is 0 Å². The van der Waals surface area contributed by atoms with Gasteiger partial charge in [0.15, 0.2) is 0 Å². The van der Waals surface area contributed by atoms with E-state index in [4.69, 9.17) is 4.74 Å². The minimum absolute atomic E-state index is 0.686. The SMILES string of the molecule is CCOc1cncc(C2=CCNCC2)c1. The molecule has 2 rings (SSSR count). The van der Waals surface area contributed by atoms with Gasteiger partial charge >= 0.3 is 0 Å². The fraction of sp³-hybridized carbons (Fsp3) is 0.417. The van der Waals surface area contributed by atoms with Crippen molar-refractivity contribution in [3.63, 3.8) is 0 Å². The Morgan fingerprint density at radius 2 is 2.40 bits per heavy atom. The van der Waals surface area contributed by atoms with Gasteiger partial charge in [0.1, 0.15) is 5.75 Å². The zero-order valence-corrected chi connectivity index (χ0v) is 8.99. The molecular weight excluding hydrogens is 188 g/mol. The van der Waals surface area contributed by atoms with Crippen LogP contribution in [0.2, 0.25) is 0 Å². The van der Waals surface area contributed by atoms with Crippen molar-refractivity contribution in [3.8, 4) is 5.75 Å². The van der Waals surface area contributed by atoms with E-state index in [2.05, 4.69) is 22.4 Å². The van der Waals surface area contributed by atoms with Crippen molar-refractivity contribution in [3.05, 3.63) is 30.1 Å². The van der Waals surface area contributed by atoms with Crippen LogP contribution >= 0.6 is 0 Å². The maximum Gasteiger partial charge on any atom is 0.138 e. The standard InChI is InChI=1S/C12H16N2O/c1-2-15-12-7-11(8-14-9-12)10-3-5-13-6-4-10/h3,7-9,13H,2,4-6H2,1H3. The molecule has 1 aliphatic heterocycles. The Morgan fingerprint density at radius 3 is 3.13 bits per heavy atom. The van der Waals surface area contributed by atoms with Crippen molar-refractivity contribution < 1.29 is 4.74 Å². The lowest BCUT2D eigenvalue weighted by molar-refractivity contribution is 0.338. The van der Waals surface area contributed by atoms with Crippen molar-refractivity contribution in [1.82, 2.24) is 10.3 Å². The molecule has 0 aliphatic carbocycles. The summed E-state index contributed by atoms with van der Waals surface area (Å²) in [5.74, 6) is 0.856. The summed E-state index contributed by atoms with van der Waals surface area (Å²) < 4.78 is 5.43. The highest BCUT2D eigenvalue weighted by Crippen LogP contribution is 2.22. The number of nitrogens with one attached hydrogen (secondary N) is 1. The van der Waals surface area contributed by atoms with Gasteiger partial charge in [-0.05, 0) is 37.1 Å². The molecular formula is C12H16N2O. The lowest BCUT2D eigenvalue weighted by atomic mass is 10.0. The van der Waals surface area contributed by atoms with Crippen LogP contribution in [0.3, 0.4) is 0 Å². The Kier molecular flexibility index (Phi) is 3.35. The molecule has 0 saturated heterocycles. The van der Waals surface area contributed by atoms with E-state index in [1.807, 2.05) is 13.1 Å². The number of ether oxygens (including phenoxy) is 1. The molecule has 1 aromatic rings. The summed E-state index contributed by atoms with van der Waals surface area (Å²) >= 11 is 0. The van der Waals surface area contributed by atoms with Gasteiger partial charge in [-0.25, -0.2) is 0 Å². The number of hydrogen-bond donors (Lipinski definition) is 1. The van der Waals surface area contributed by atoms with Crippen molar-refractivity contribution >= 4 is 5.57 Å². The second-order valence-electron chi connectivity index (χ2n) is 3.53. The average Bonchev–Trinajstić information content (AvgIpc) is 2.31. The van der Waals surface area contributed by atoms with E-state index < -0.39 is 0 Å². The van der Waals surface area contributed by atoms with Crippen molar-refractivity contribution in [2.24, 2.45) is 0 Å². The van der Waals surface area contributed by atoms with Gasteiger partial charge in [-0.2, -0.15) is 0 Å². The molecule has 15 heavy (non-hydrogen) atoms. The highest BCUT2D eigenvalue weighted by molar-refractivity contribution is 5.66. The minimum Gasteiger partial charge on any atom is -0.492 e. The van der Waals surface area contributed by atoms with Crippen LogP contribution in [0.5, 0.6) is 5.75 Å². The van der Waals surface area contributed by atoms with Crippen LogP contribution in [0.25, 0.3) is 5.57 Å². The van der Waals surface area contributed by atoms with E-state index in [0.29, 0.717) is 6.61 Å². The molecule has 1 N–H and O–H groups in total. The maximum absolute atomic E-state index is 5.43. The predicted octanol–water partition coefficient (Wildman–Crippen LogP) is 1.86. The lowest BCUT2D eigenvalue weighted by Crippen LogP contribution is -2.20. The van der Waals surface area contributed by atoms with E-state index in [1.54, 1.807) is 6.20 Å². The summed E-state index contributed by atoms with van der Waals surface area (Å²) in [5, 5.41) is 3.30. The molecule has 0 spiro atoms. The van der Waals surface area contributed by atoms with E-state index in [1.165, 1.54) is 11.1 Å². The predicted molar refractivity (Wildman–Crippen MR) is 60.9 cm³/mol. The largest absolute Gasteiger partial charge is 0.492 e. The van der Waals surface area contributed by atoms with E-state index in [9.17, 15) is 0 Å². The van der Waals surface area contributed by atoms with E-state index in [0.717, 1.165) is 25.3 Å². The Labute approximate surface area is 90.2 Å². The van der Waals surface area contributed by atoms with Crippen LogP contribution in [-0.2, 0) is 0 Å². The molecule has 0 radical (unpaired) electrons. The second-order valence-corrected chi connectivity index (χ2v) is 3.53. The van der Waals surface area contributed by atoms with Crippen LogP contribution in [-0.4, -0.2) is 24.7 Å². The van der Waals surface area contributed by atoms with Crippen LogP contribution in [0.4, 0.5) is 0 Å². The number of aromatic nitrogens is 1. The molecule has 3 nitrogen and oxygen atoms in total. The summed E-state index contributed by atoms with van der Waals surface area (Å²) in [7, 11) is 0. The van der Waals surface area contributed by atoms with Crippen LogP contribution in [0, 0.1) is 0 Å². The lowest BCUT2D eigenvalue weighted by Gasteiger charge is -2.14. The quantitative estimate of drug-likeness (QED) is 0.816. The average molecular weight is 204 g/mol. The monoisotopic (exact) mass is 204 g/mol. The van der Waals surface area contributed by atoms with Gasteiger partial charge < -0.3 is 10.1 Å². The first-order chi connectivity index (χ1) is 7.40. The summed E-state index contributed by atoms with van der Waals surface area (Å²) in [4.78, 5) is 4.19. The topological polar surface area (TPSA) is 34.1 Å². The highest BCUT2D eigenvalue weighted by atomic mass is 16.5. The molecule has 0 atom stereocenters. The van der Waals surface area contributed by atoms with E-state index >= 15 is 0 Å². The first-order valence-corrected chi connectivity index (χ1v) is 5.38. The molecule has 3 heteroatoms. The van der Waals surface area contributed by atoms with Gasteiger partial charge in [0.2, 0.25) is 0 Å². The van der Waals surface area contributed by atoms with Crippen LogP contribution in [0.1, 0.15) is 18.9 Å². The summed E-state index contributed by atoms with van der Waals surface area (Å²) in [6, 6.07) is 2.06. The maximum atomic E-state index is 5.43. The zero-order chi connectivity index (χ0) is 10.5. The molecule has 0 amide bonds. The Bertz CT molecular complexity index is 360. The van der Waals surface area contributed by atoms with Gasteiger partial charge in [0.25, 0.3) is 0 Å². The summed E-state index contributed by atoms with van der Waals surface area (Å²) in [6.07, 6.45) is 6.95. The Hall–Kier alpha value is -1.35. The van der Waals surface area contributed by atoms with Gasteiger partial charge in [0.05, 0.1) is 12.8 Å². The smallest absolute Gasteiger partial charge is 0.138 e. The molecule has 0 bridgehead atoms. The Balaban J connectivity index is 2.20. The molecule has 0 saturated carbocycles. The third-order valence-electron chi connectivity index (χ3n) is 2.46. The Morgan fingerprint density at radius 1 is 1.47 bits per heavy atom. The number of hydrogen-bond acceptors (Lipinski definition) is 3. The van der Waals surface area contributed by atoms with Crippen LogP contribution < -0.4 is 10.1 Å². The fourth-order valence-electron chi connectivity index (χ4n) is 1.72. The zero-order valence-electron chi connectivity index (χ0n) is 8.99. The molecule has 80 valence electrons. The number of nitrogens with zero attached hydrogens (tertiary/aromatic N) is 1. The third-order valence-corrected chi connectivity index (χ3v) is 2.46. The number of rotatable bonds is 3. The first-order valence-electron chi connectivity index (χ1n) is 5.38. The van der Waals surface area contributed by atoms with Crippen molar-refractivity contribution in [2.75, 3.05) is 19.7 Å². The molecule has 0 unspecified atom stereocenters. The molecule has 2 heterocycles. The van der Waals surface area contributed by atoms with Crippen molar-refractivity contribution in [2.45, 2.75) is 13.3 Å². The van der Waals surface area contributed by atoms with E-state index in [-0.39, 0.29) is 0 Å². The molecule has 0 fully saturated rings. The minimum atomic E-state index is 0.686. The van der Waals surface area contributed by atoms with Gasteiger partial charge in [-0.3, -0.25) is 4.98 Å². The molecule has 1 aliphatic rings. The van der Waals surface area contributed by atoms with Gasteiger partial charge in [-0.1, -0.05) is 6.08 Å². The normalized spacial score (nSPS) is 15.9. The first kappa shape index (κ1) is 10.2. The fourth-order valence-corrected chi connectivity index (χ4v) is 1.72. The molecule has 0 aromatic carbocycles. The second kappa shape index (κ2) is 4.94. The highest BCUT2D eigenvalue weighted by Gasteiger charge is 2.06. The summed E-state index contributed by atoms with van der Waals surface area (Å²) in [5.41, 5.74) is 2.55. The molecule has 1 aromatic heterocycles.